The molecule has 10 heteroatoms. The van der Waals surface area contributed by atoms with E-state index in [1.54, 1.807) is 31.2 Å². The van der Waals surface area contributed by atoms with E-state index in [9.17, 15) is 28.7 Å². The Hall–Kier alpha value is -3.22. The van der Waals surface area contributed by atoms with Crippen molar-refractivity contribution in [3.8, 4) is 11.5 Å². The summed E-state index contributed by atoms with van der Waals surface area (Å²) in [6, 6.07) is 6.43. The second kappa shape index (κ2) is 24.5. The Kier molecular flexibility index (Phi) is 21.4. The van der Waals surface area contributed by atoms with Crippen molar-refractivity contribution in [3.05, 3.63) is 117 Å². The molecular weight excluding hydrogens is 742 g/mol. The van der Waals surface area contributed by atoms with E-state index >= 15 is 0 Å². The maximum atomic E-state index is 11.9. The van der Waals surface area contributed by atoms with E-state index in [0.29, 0.717) is 11.1 Å². The Morgan fingerprint density at radius 2 is 0.804 bits per heavy atom. The Labute approximate surface area is 337 Å². The van der Waals surface area contributed by atoms with Crippen LogP contribution in [0.3, 0.4) is 0 Å². The summed E-state index contributed by atoms with van der Waals surface area (Å²) in [7, 11) is -9.87. The molecule has 2 aromatic carbocycles. The average molecular weight is 811 g/mol. The fourth-order valence-electron chi connectivity index (χ4n) is 6.46. The standard InChI is InChI=1S/C46H68O8P2/c1-34(2)18-12-19-35(3)20-13-21-36(4)22-14-23-37(5)24-15-25-38(6)26-16-27-39(7)28-17-29-40(8)32-33-42-41(9)45(53-55(47,48)49)43-30-10-11-31-44(43)46(42)54-56(50,51)52/h10-11,18,20,22,24,26,28,30-32H,12-17,19,21,23,25,27,29,33H2,1-9H3,(H2,47,48,49)(H2,50,51,52). The molecule has 310 valence electrons. The zero-order chi connectivity index (χ0) is 41.9. The SMILES string of the molecule is CC(C)=CCCC(C)=CCCC(C)=CCCC(C)=CCCC(C)=CCCC(C)=CCCC(C)=CCc1c(C)c(OP(=O)(O)O)c2ccccc2c1OP(=O)(O)O. The summed E-state index contributed by atoms with van der Waals surface area (Å²) in [6.45, 7) is 19.0. The molecule has 0 spiro atoms. The summed E-state index contributed by atoms with van der Waals surface area (Å²) < 4.78 is 34.0. The molecule has 0 aliphatic heterocycles. The van der Waals surface area contributed by atoms with Gasteiger partial charge in [0.2, 0.25) is 0 Å². The molecule has 0 bridgehead atoms. The lowest BCUT2D eigenvalue weighted by atomic mass is 9.95. The van der Waals surface area contributed by atoms with E-state index in [-0.39, 0.29) is 28.7 Å². The first-order valence-electron chi connectivity index (χ1n) is 19.9. The van der Waals surface area contributed by atoms with Crippen molar-refractivity contribution in [2.24, 2.45) is 0 Å². The van der Waals surface area contributed by atoms with E-state index < -0.39 is 15.6 Å². The predicted molar refractivity (Wildman–Crippen MR) is 235 cm³/mol. The minimum absolute atomic E-state index is 0.0344. The van der Waals surface area contributed by atoms with E-state index in [4.69, 9.17) is 9.05 Å². The van der Waals surface area contributed by atoms with Crippen molar-refractivity contribution in [1.29, 1.82) is 0 Å². The maximum absolute atomic E-state index is 11.9. The largest absolute Gasteiger partial charge is 0.524 e. The summed E-state index contributed by atoms with van der Waals surface area (Å²) in [4.78, 5) is 38.6. The second-order valence-corrected chi connectivity index (χ2v) is 17.8. The highest BCUT2D eigenvalue weighted by molar-refractivity contribution is 7.47. The van der Waals surface area contributed by atoms with Gasteiger partial charge in [-0.05, 0) is 151 Å². The van der Waals surface area contributed by atoms with Gasteiger partial charge in [-0.15, -0.1) is 0 Å². The van der Waals surface area contributed by atoms with Crippen LogP contribution in [0.4, 0.5) is 0 Å². The number of benzene rings is 2. The van der Waals surface area contributed by atoms with Crippen molar-refractivity contribution in [2.45, 2.75) is 146 Å². The van der Waals surface area contributed by atoms with Crippen molar-refractivity contribution >= 4 is 26.4 Å². The van der Waals surface area contributed by atoms with Crippen molar-refractivity contribution < 1.29 is 37.8 Å². The lowest BCUT2D eigenvalue weighted by Gasteiger charge is -2.21. The topological polar surface area (TPSA) is 134 Å². The molecule has 0 atom stereocenters. The maximum Gasteiger partial charge on any atom is 0.524 e. The van der Waals surface area contributed by atoms with E-state index in [2.05, 4.69) is 84.9 Å². The van der Waals surface area contributed by atoms with Crippen LogP contribution in [0.2, 0.25) is 0 Å². The van der Waals surface area contributed by atoms with Gasteiger partial charge in [-0.25, -0.2) is 9.13 Å². The normalized spacial score (nSPS) is 14.1. The van der Waals surface area contributed by atoms with Gasteiger partial charge in [0, 0.05) is 16.3 Å². The smallest absolute Gasteiger partial charge is 0.403 e. The number of phosphoric acid groups is 2. The molecule has 2 rings (SSSR count). The molecular formula is C46H68O8P2. The van der Waals surface area contributed by atoms with Crippen molar-refractivity contribution in [1.82, 2.24) is 0 Å². The van der Waals surface area contributed by atoms with Crippen LogP contribution in [0.5, 0.6) is 11.5 Å². The predicted octanol–water partition coefficient (Wildman–Crippen LogP) is 14.0. The zero-order valence-corrected chi connectivity index (χ0v) is 37.1. The summed E-state index contributed by atoms with van der Waals surface area (Å²) in [5.41, 5.74) is 10.3. The molecule has 0 aliphatic rings. The van der Waals surface area contributed by atoms with Gasteiger partial charge in [-0.2, -0.15) is 0 Å². The Bertz CT molecular complexity index is 1910. The van der Waals surface area contributed by atoms with Crippen LogP contribution in [-0.2, 0) is 15.6 Å². The molecule has 0 amide bonds. The van der Waals surface area contributed by atoms with Gasteiger partial charge >= 0.3 is 15.6 Å². The molecule has 56 heavy (non-hydrogen) atoms. The monoisotopic (exact) mass is 810 g/mol. The van der Waals surface area contributed by atoms with Crippen molar-refractivity contribution in [2.75, 3.05) is 0 Å². The molecule has 0 fully saturated rings. The summed E-state index contributed by atoms with van der Waals surface area (Å²) in [5.74, 6) is -0.0834. The van der Waals surface area contributed by atoms with Crippen LogP contribution in [0, 0.1) is 6.92 Å². The number of hydrogen-bond acceptors (Lipinski definition) is 4. The quantitative estimate of drug-likeness (QED) is 0.0608. The highest BCUT2D eigenvalue weighted by Crippen LogP contribution is 2.50. The third-order valence-electron chi connectivity index (χ3n) is 9.81. The lowest BCUT2D eigenvalue weighted by Crippen LogP contribution is -2.03. The van der Waals surface area contributed by atoms with Gasteiger partial charge in [0.1, 0.15) is 11.5 Å². The molecule has 2 aromatic rings. The second-order valence-electron chi connectivity index (χ2n) is 15.5. The average Bonchev–Trinajstić information content (AvgIpc) is 3.08. The van der Waals surface area contributed by atoms with Gasteiger partial charge in [-0.1, -0.05) is 106 Å². The molecule has 8 nitrogen and oxygen atoms in total. The first-order valence-corrected chi connectivity index (χ1v) is 22.9. The summed E-state index contributed by atoms with van der Waals surface area (Å²) in [6.07, 6.45) is 28.8. The number of rotatable bonds is 24. The third-order valence-corrected chi connectivity index (χ3v) is 10.6. The van der Waals surface area contributed by atoms with Crippen molar-refractivity contribution in [3.63, 3.8) is 0 Å². The number of fused-ring (bicyclic) bond motifs is 1. The van der Waals surface area contributed by atoms with Gasteiger partial charge < -0.3 is 9.05 Å². The third kappa shape index (κ3) is 20.3. The van der Waals surface area contributed by atoms with Crippen LogP contribution in [0.25, 0.3) is 10.8 Å². The van der Waals surface area contributed by atoms with E-state index in [1.807, 2.05) is 13.0 Å². The van der Waals surface area contributed by atoms with Crippen LogP contribution < -0.4 is 9.05 Å². The van der Waals surface area contributed by atoms with Gasteiger partial charge in [0.05, 0.1) is 0 Å². The van der Waals surface area contributed by atoms with Gasteiger partial charge in [0.25, 0.3) is 0 Å². The molecule has 0 unspecified atom stereocenters. The fourth-order valence-corrected chi connectivity index (χ4v) is 7.38. The molecule has 4 N–H and O–H groups in total. The Morgan fingerprint density at radius 1 is 0.500 bits per heavy atom. The minimum atomic E-state index is -4.95. The summed E-state index contributed by atoms with van der Waals surface area (Å²) in [5, 5.41) is 0.559. The van der Waals surface area contributed by atoms with E-state index in [0.717, 1.165) is 82.6 Å². The first-order chi connectivity index (χ1) is 26.3. The number of phosphoric ester groups is 2. The molecule has 0 saturated heterocycles. The highest BCUT2D eigenvalue weighted by atomic mass is 31.2. The van der Waals surface area contributed by atoms with E-state index in [1.165, 1.54) is 33.4 Å². The first kappa shape index (κ1) is 48.9. The number of allylic oxidation sites excluding steroid dienone is 14. The van der Waals surface area contributed by atoms with Gasteiger partial charge in [-0.3, -0.25) is 19.6 Å². The van der Waals surface area contributed by atoms with Gasteiger partial charge in [0.15, 0.2) is 0 Å². The number of hydrogen-bond donors (Lipinski definition) is 4. The molecule has 0 aliphatic carbocycles. The highest BCUT2D eigenvalue weighted by Gasteiger charge is 2.27. The zero-order valence-electron chi connectivity index (χ0n) is 35.4. The Morgan fingerprint density at radius 3 is 1.14 bits per heavy atom. The summed E-state index contributed by atoms with van der Waals surface area (Å²) >= 11 is 0. The van der Waals surface area contributed by atoms with Crippen LogP contribution in [0.15, 0.2) is 106 Å². The molecule has 0 aromatic heterocycles. The molecule has 0 saturated carbocycles. The lowest BCUT2D eigenvalue weighted by molar-refractivity contribution is 0.278. The van der Waals surface area contributed by atoms with Crippen LogP contribution in [0.1, 0.15) is 144 Å². The van der Waals surface area contributed by atoms with Crippen LogP contribution >= 0.6 is 15.6 Å². The molecule has 0 radical (unpaired) electrons. The fraction of sp³-hybridized carbons (Fsp3) is 0.478. The van der Waals surface area contributed by atoms with Crippen LogP contribution in [-0.4, -0.2) is 19.6 Å². The molecule has 0 heterocycles. The Balaban J connectivity index is 1.86. The minimum Gasteiger partial charge on any atom is -0.403 e.